The number of hydrogen-bond acceptors (Lipinski definition) is 8. The van der Waals surface area contributed by atoms with Crippen LogP contribution in [0, 0.1) is 0 Å². The van der Waals surface area contributed by atoms with Gasteiger partial charge in [0.2, 0.25) is 0 Å². The van der Waals surface area contributed by atoms with E-state index in [0.29, 0.717) is 5.69 Å². The van der Waals surface area contributed by atoms with Gasteiger partial charge in [0.1, 0.15) is 19.1 Å². The number of aromatic nitrogens is 1. The topological polar surface area (TPSA) is 167 Å². The minimum absolute atomic E-state index is 0.0981. The number of fused-ring (bicyclic) bond motifs is 3. The zero-order valence-electron chi connectivity index (χ0n) is 18.3. The van der Waals surface area contributed by atoms with Crippen LogP contribution in [-0.2, 0) is 0 Å². The molecule has 0 aliphatic carbocycles. The first kappa shape index (κ1) is 22.3. The second-order valence-electron chi connectivity index (χ2n) is 8.20. The highest BCUT2D eigenvalue weighted by Gasteiger charge is 2.33. The van der Waals surface area contributed by atoms with Crippen LogP contribution in [0.1, 0.15) is 0 Å². The van der Waals surface area contributed by atoms with Gasteiger partial charge in [-0.2, -0.15) is 0 Å². The summed E-state index contributed by atoms with van der Waals surface area (Å²) >= 11 is 0. The first-order valence-corrected chi connectivity index (χ1v) is 10.5. The van der Waals surface area contributed by atoms with Crippen LogP contribution < -0.4 is 10.9 Å². The predicted octanol–water partition coefficient (Wildman–Crippen LogP) is 0.622. The van der Waals surface area contributed by atoms with Gasteiger partial charge in [-0.05, 0) is 28.7 Å². The molecule has 9 nitrogen and oxygen atoms in total. The molecule has 0 bridgehead atoms. The number of aromatic hydroxyl groups is 6. The average molecular weight is 471 g/mol. The summed E-state index contributed by atoms with van der Waals surface area (Å²) in [7, 11) is -0.901. The largest absolute Gasteiger partial charge is 0.507 e. The van der Waals surface area contributed by atoms with Gasteiger partial charge < -0.3 is 45.3 Å². The fourth-order valence-corrected chi connectivity index (χ4v) is 4.58. The molecule has 1 aromatic heterocycles. The minimum atomic E-state index is -2.36. The number of hydrogen-bond donors (Lipinski definition) is 8. The highest BCUT2D eigenvalue weighted by atomic mass is 16.4. The van der Waals surface area contributed by atoms with E-state index in [9.17, 15) is 40.7 Å². The Hall–Kier alpha value is -4.47. The molecule has 0 unspecified atom stereocenters. The lowest BCUT2D eigenvalue weighted by Gasteiger charge is -2.15. The third kappa shape index (κ3) is 3.06. The number of rotatable bonds is 3. The molecule has 8 N–H and O–H groups in total. The predicted molar refractivity (Wildman–Crippen MR) is 134 cm³/mol. The van der Waals surface area contributed by atoms with E-state index in [2.05, 4.69) is 0 Å². The molecule has 5 aromatic rings. The van der Waals surface area contributed by atoms with Crippen molar-refractivity contribution in [1.29, 1.82) is 0 Å². The Balaban J connectivity index is 2.03. The molecule has 0 saturated carbocycles. The molecule has 0 aliphatic rings. The standard InChI is InChI=1S/C24H19B2NO8/c25-15-17-13(20(29)24(33)21(15)30)14-18(23(32)22(31)16(19(14)28)26(34)35)27(17)12-8-4-7-11(9-12)10-5-2-1-3-6-10/h1-9,28-35H,25H2. The van der Waals surface area contributed by atoms with Crippen molar-refractivity contribution in [2.24, 2.45) is 0 Å². The van der Waals surface area contributed by atoms with Crippen molar-refractivity contribution < 1.29 is 40.7 Å². The van der Waals surface area contributed by atoms with Gasteiger partial charge in [0, 0.05) is 5.69 Å². The zero-order chi connectivity index (χ0) is 25.2. The molecular weight excluding hydrogens is 452 g/mol. The highest BCUT2D eigenvalue weighted by Crippen LogP contribution is 2.50. The number of benzene rings is 4. The number of nitrogens with zero attached hydrogens (tertiary/aromatic N) is 1. The second-order valence-corrected chi connectivity index (χ2v) is 8.20. The van der Waals surface area contributed by atoms with E-state index >= 15 is 0 Å². The summed E-state index contributed by atoms with van der Waals surface area (Å²) < 4.78 is 1.40. The van der Waals surface area contributed by atoms with Crippen LogP contribution in [0.5, 0.6) is 34.5 Å². The maximum absolute atomic E-state index is 11.0. The maximum atomic E-state index is 11.0. The molecule has 0 atom stereocenters. The van der Waals surface area contributed by atoms with Crippen LogP contribution in [0.3, 0.4) is 0 Å². The molecule has 0 fully saturated rings. The van der Waals surface area contributed by atoms with Crippen molar-refractivity contribution in [2.75, 3.05) is 0 Å². The molecule has 35 heavy (non-hydrogen) atoms. The molecular formula is C24H19B2NO8. The molecule has 0 spiro atoms. The summed E-state index contributed by atoms with van der Waals surface area (Å²) in [6.07, 6.45) is 0. The summed E-state index contributed by atoms with van der Waals surface area (Å²) in [5.74, 6) is -4.88. The second kappa shape index (κ2) is 7.79. The van der Waals surface area contributed by atoms with Crippen molar-refractivity contribution in [3.63, 3.8) is 0 Å². The maximum Gasteiger partial charge on any atom is 0.496 e. The first-order valence-electron chi connectivity index (χ1n) is 10.5. The summed E-state index contributed by atoms with van der Waals surface area (Å²) in [6.45, 7) is 0. The van der Waals surface area contributed by atoms with E-state index in [1.165, 1.54) is 12.4 Å². The third-order valence-electron chi connectivity index (χ3n) is 6.23. The van der Waals surface area contributed by atoms with Gasteiger partial charge in [-0.25, -0.2) is 0 Å². The van der Waals surface area contributed by atoms with Gasteiger partial charge >= 0.3 is 7.12 Å². The van der Waals surface area contributed by atoms with Gasteiger partial charge in [-0.15, -0.1) is 0 Å². The lowest BCUT2D eigenvalue weighted by molar-refractivity contribution is 0.373. The van der Waals surface area contributed by atoms with Gasteiger partial charge in [-0.3, -0.25) is 0 Å². The van der Waals surface area contributed by atoms with E-state index in [1.807, 2.05) is 36.4 Å². The van der Waals surface area contributed by atoms with E-state index in [4.69, 9.17) is 0 Å². The van der Waals surface area contributed by atoms with Crippen LogP contribution >= 0.6 is 0 Å². The lowest BCUT2D eigenvalue weighted by atomic mass is 9.77. The molecule has 174 valence electrons. The Kier molecular flexibility index (Phi) is 4.97. The van der Waals surface area contributed by atoms with E-state index in [0.717, 1.165) is 11.1 Å². The van der Waals surface area contributed by atoms with Gasteiger partial charge in [0.15, 0.2) is 28.7 Å². The SMILES string of the molecule is Bc1c(O)c(O)c(O)c2c3c(O)c(B(O)O)c(O)c(O)c3n(-c3cccc(-c4ccccc4)c3)c12. The third-order valence-corrected chi connectivity index (χ3v) is 6.23. The van der Waals surface area contributed by atoms with Crippen molar-refractivity contribution in [1.82, 2.24) is 4.57 Å². The Morgan fingerprint density at radius 2 is 1.23 bits per heavy atom. The minimum Gasteiger partial charge on any atom is -0.507 e. The van der Waals surface area contributed by atoms with Crippen LogP contribution in [0.2, 0.25) is 0 Å². The van der Waals surface area contributed by atoms with Crippen LogP contribution in [0.4, 0.5) is 0 Å². The monoisotopic (exact) mass is 471 g/mol. The van der Waals surface area contributed by atoms with Crippen molar-refractivity contribution >= 4 is 47.7 Å². The zero-order valence-corrected chi connectivity index (χ0v) is 18.3. The molecule has 5 rings (SSSR count). The quantitative estimate of drug-likeness (QED) is 0.108. The van der Waals surface area contributed by atoms with E-state index < -0.39 is 47.1 Å². The smallest absolute Gasteiger partial charge is 0.496 e. The molecule has 0 aliphatic heterocycles. The first-order chi connectivity index (χ1) is 16.6. The number of phenols is 6. The molecule has 1 heterocycles. The Labute approximate surface area is 199 Å². The average Bonchev–Trinajstić information content (AvgIpc) is 3.22. The normalized spacial score (nSPS) is 11.4. The van der Waals surface area contributed by atoms with Gasteiger partial charge in [0.05, 0.1) is 21.8 Å². The Morgan fingerprint density at radius 1 is 0.600 bits per heavy atom. The molecule has 0 saturated heterocycles. The summed E-state index contributed by atoms with van der Waals surface area (Å²) in [4.78, 5) is 0. The fraction of sp³-hybridized carbons (Fsp3) is 0. The summed E-state index contributed by atoms with van der Waals surface area (Å²) in [6, 6.07) is 16.4. The molecule has 11 heteroatoms. The van der Waals surface area contributed by atoms with Crippen molar-refractivity contribution in [3.8, 4) is 51.3 Å². The highest BCUT2D eigenvalue weighted by molar-refractivity contribution is 6.62. The molecule has 0 amide bonds. The van der Waals surface area contributed by atoms with Crippen LogP contribution in [0.25, 0.3) is 38.6 Å². The summed E-state index contributed by atoms with van der Waals surface area (Å²) in [5, 5.41) is 82.9. The van der Waals surface area contributed by atoms with Crippen molar-refractivity contribution in [2.45, 2.75) is 0 Å². The van der Waals surface area contributed by atoms with Crippen LogP contribution in [-0.4, -0.2) is 60.2 Å². The lowest BCUT2D eigenvalue weighted by Crippen LogP contribution is -2.30. The Morgan fingerprint density at radius 3 is 1.89 bits per heavy atom. The summed E-state index contributed by atoms with van der Waals surface area (Å²) in [5.41, 5.74) is 1.33. The van der Waals surface area contributed by atoms with Gasteiger partial charge in [-0.1, -0.05) is 42.5 Å². The molecule has 0 radical (unpaired) electrons. The Bertz CT molecular complexity index is 1650. The number of phenolic OH excluding ortho intramolecular Hbond substituents is 6. The van der Waals surface area contributed by atoms with E-state index in [-0.39, 0.29) is 27.3 Å². The van der Waals surface area contributed by atoms with Crippen molar-refractivity contribution in [3.05, 3.63) is 54.6 Å². The van der Waals surface area contributed by atoms with Crippen LogP contribution in [0.15, 0.2) is 54.6 Å². The molecule has 4 aromatic carbocycles. The van der Waals surface area contributed by atoms with E-state index in [1.54, 1.807) is 18.2 Å². The fourth-order valence-electron chi connectivity index (χ4n) is 4.58. The van der Waals surface area contributed by atoms with Gasteiger partial charge in [0.25, 0.3) is 0 Å².